The molecule has 2 aliphatic rings. The van der Waals surface area contributed by atoms with Crippen LogP contribution >= 0.6 is 0 Å². The number of nitrogens with one attached hydrogen (secondary N) is 3. The Morgan fingerprint density at radius 2 is 2.11 bits per heavy atom. The lowest BCUT2D eigenvalue weighted by Crippen LogP contribution is -2.61. The summed E-state index contributed by atoms with van der Waals surface area (Å²) in [6.45, 7) is 1.33. The van der Waals surface area contributed by atoms with Gasteiger partial charge >= 0.3 is 0 Å². The molecule has 1 aromatic carbocycles. The van der Waals surface area contributed by atoms with E-state index in [0.717, 1.165) is 24.0 Å². The van der Waals surface area contributed by atoms with Crippen LogP contribution in [0.15, 0.2) is 46.5 Å². The molecular formula is C23H26N10O3. The minimum Gasteiger partial charge on any atom is -0.496 e. The van der Waals surface area contributed by atoms with Crippen molar-refractivity contribution in [3.63, 3.8) is 0 Å². The zero-order valence-corrected chi connectivity index (χ0v) is 19.9. The maximum absolute atomic E-state index is 6.96. The number of H-pyrrole nitrogens is 1. The Balaban J connectivity index is 1.44. The summed E-state index contributed by atoms with van der Waals surface area (Å²) in [6, 6.07) is 5.78. The highest BCUT2D eigenvalue weighted by atomic mass is 16.5. The van der Waals surface area contributed by atoms with Crippen LogP contribution in [0.5, 0.6) is 5.75 Å². The van der Waals surface area contributed by atoms with Crippen molar-refractivity contribution < 1.29 is 13.9 Å². The fraction of sp³-hybridized carbons (Fsp3) is 0.348. The van der Waals surface area contributed by atoms with Crippen LogP contribution in [0.1, 0.15) is 24.0 Å². The lowest BCUT2D eigenvalue weighted by Gasteiger charge is -2.38. The van der Waals surface area contributed by atoms with E-state index in [1.54, 1.807) is 19.6 Å². The Hall–Kier alpha value is -4.23. The van der Waals surface area contributed by atoms with Gasteiger partial charge in [-0.25, -0.2) is 4.98 Å². The number of oxazole rings is 1. The number of ether oxygens (including phenoxy) is 2. The largest absolute Gasteiger partial charge is 0.496 e. The number of hydrogen-bond donors (Lipinski definition) is 4. The van der Waals surface area contributed by atoms with E-state index >= 15 is 0 Å². The van der Waals surface area contributed by atoms with Gasteiger partial charge in [-0.1, -0.05) is 6.07 Å². The molecule has 3 aromatic heterocycles. The first-order valence-electron chi connectivity index (χ1n) is 11.6. The van der Waals surface area contributed by atoms with E-state index in [1.807, 2.05) is 29.8 Å². The summed E-state index contributed by atoms with van der Waals surface area (Å²) >= 11 is 0. The molecule has 5 heterocycles. The van der Waals surface area contributed by atoms with Crippen LogP contribution in [0.2, 0.25) is 0 Å². The summed E-state index contributed by atoms with van der Waals surface area (Å²) < 4.78 is 18.6. The van der Waals surface area contributed by atoms with Gasteiger partial charge in [0.15, 0.2) is 29.6 Å². The molecule has 1 unspecified atom stereocenters. The highest BCUT2D eigenvalue weighted by molar-refractivity contribution is 6.09. The number of fused-ring (bicyclic) bond motifs is 1. The van der Waals surface area contributed by atoms with Crippen LogP contribution < -0.4 is 21.1 Å². The van der Waals surface area contributed by atoms with E-state index in [2.05, 4.69) is 36.0 Å². The quantitative estimate of drug-likeness (QED) is 0.322. The third-order valence-electron chi connectivity index (χ3n) is 6.41. The van der Waals surface area contributed by atoms with Gasteiger partial charge in [0.2, 0.25) is 0 Å². The van der Waals surface area contributed by atoms with Gasteiger partial charge in [0, 0.05) is 25.8 Å². The second-order valence-corrected chi connectivity index (χ2v) is 8.75. The number of aryl methyl sites for hydroxylation is 1. The summed E-state index contributed by atoms with van der Waals surface area (Å²) in [5, 5.41) is 22.4. The van der Waals surface area contributed by atoms with E-state index in [0.29, 0.717) is 53.5 Å². The number of hydrogen-bond acceptors (Lipinski definition) is 10. The van der Waals surface area contributed by atoms with Gasteiger partial charge in [-0.15, -0.1) is 10.2 Å². The minimum atomic E-state index is -1.27. The van der Waals surface area contributed by atoms with Crippen LogP contribution in [0.4, 0.5) is 5.82 Å². The Kier molecular flexibility index (Phi) is 5.42. The monoisotopic (exact) mass is 490 g/mol. The number of amidine groups is 1. The summed E-state index contributed by atoms with van der Waals surface area (Å²) in [5.74, 6) is 1.68. The number of aromatic amines is 1. The molecule has 5 N–H and O–H groups in total. The molecule has 13 nitrogen and oxygen atoms in total. The SMILES string of the molecule is COc1cc(-c2nncn2C)ccc1C1(N)NC(=NC2CCOCC2)c2c(n[nH]c2-c2cnco2)N1. The van der Waals surface area contributed by atoms with Crippen LogP contribution in [0.3, 0.4) is 0 Å². The molecule has 0 radical (unpaired) electrons. The molecule has 0 amide bonds. The number of aliphatic imine (C=N–C) groups is 1. The van der Waals surface area contributed by atoms with Crippen molar-refractivity contribution in [1.29, 1.82) is 0 Å². The van der Waals surface area contributed by atoms with E-state index < -0.39 is 5.79 Å². The number of aromatic nitrogens is 6. The molecule has 0 bridgehead atoms. The van der Waals surface area contributed by atoms with Crippen molar-refractivity contribution in [3.8, 4) is 28.6 Å². The molecule has 36 heavy (non-hydrogen) atoms. The average molecular weight is 491 g/mol. The minimum absolute atomic E-state index is 0.0779. The second-order valence-electron chi connectivity index (χ2n) is 8.75. The van der Waals surface area contributed by atoms with E-state index in [-0.39, 0.29) is 6.04 Å². The fourth-order valence-electron chi connectivity index (χ4n) is 4.58. The molecule has 1 atom stereocenters. The van der Waals surface area contributed by atoms with Gasteiger partial charge in [-0.05, 0) is 25.0 Å². The molecule has 1 fully saturated rings. The molecule has 0 saturated carbocycles. The molecule has 0 spiro atoms. The van der Waals surface area contributed by atoms with E-state index in [4.69, 9.17) is 24.6 Å². The number of nitrogens with two attached hydrogens (primary N) is 1. The zero-order chi connectivity index (χ0) is 24.7. The molecule has 1 saturated heterocycles. The highest BCUT2D eigenvalue weighted by Crippen LogP contribution is 2.37. The van der Waals surface area contributed by atoms with E-state index in [1.165, 1.54) is 6.39 Å². The number of methoxy groups -OCH3 is 1. The summed E-state index contributed by atoms with van der Waals surface area (Å²) in [4.78, 5) is 9.08. The predicted octanol–water partition coefficient (Wildman–Crippen LogP) is 1.58. The van der Waals surface area contributed by atoms with Gasteiger partial charge in [-0.3, -0.25) is 15.8 Å². The lowest BCUT2D eigenvalue weighted by molar-refractivity contribution is 0.0870. The summed E-state index contributed by atoms with van der Waals surface area (Å²) in [6.07, 6.45) is 6.28. The standard InChI is InChI=1S/C23H26N10O3/c1-33-11-26-32-22(33)13-3-4-15(16(9-13)34-2)23(24)28-20(27-14-5-7-35-8-6-14)18-19(17-10-25-12-36-17)30-31-21(18)29-23/h3-4,9-12,14H,5-8,24H2,1-2H3,(H,27,28)(H2,29,30,31). The molecule has 13 heteroatoms. The molecule has 6 rings (SSSR count). The smallest absolute Gasteiger partial charge is 0.195 e. The second kappa shape index (κ2) is 8.77. The van der Waals surface area contributed by atoms with Crippen molar-refractivity contribution in [1.82, 2.24) is 35.3 Å². The Morgan fingerprint density at radius 1 is 1.25 bits per heavy atom. The first-order valence-corrected chi connectivity index (χ1v) is 11.6. The summed E-state index contributed by atoms with van der Waals surface area (Å²) in [7, 11) is 3.49. The molecular weight excluding hydrogens is 464 g/mol. The molecule has 186 valence electrons. The molecule has 4 aromatic rings. The molecule has 0 aliphatic carbocycles. The van der Waals surface area contributed by atoms with Crippen LogP contribution in [-0.4, -0.2) is 62.1 Å². The van der Waals surface area contributed by atoms with Gasteiger partial charge in [-0.2, -0.15) is 5.10 Å². The normalized spacial score (nSPS) is 21.1. The number of anilines is 1. The van der Waals surface area contributed by atoms with Crippen molar-refractivity contribution in [2.45, 2.75) is 24.7 Å². The van der Waals surface area contributed by atoms with Crippen LogP contribution in [-0.2, 0) is 17.6 Å². The molecule has 2 aliphatic heterocycles. The van der Waals surface area contributed by atoms with Gasteiger partial charge in [0.1, 0.15) is 23.6 Å². The topological polar surface area (TPSA) is 166 Å². The summed E-state index contributed by atoms with van der Waals surface area (Å²) in [5.41, 5.74) is 9.86. The Labute approximate surface area is 206 Å². The maximum Gasteiger partial charge on any atom is 0.195 e. The van der Waals surface area contributed by atoms with Crippen LogP contribution in [0.25, 0.3) is 22.8 Å². The Bertz CT molecular complexity index is 1400. The van der Waals surface area contributed by atoms with E-state index in [9.17, 15) is 0 Å². The third kappa shape index (κ3) is 3.78. The maximum atomic E-state index is 6.96. The number of nitrogens with zero attached hydrogens (tertiary/aromatic N) is 6. The Morgan fingerprint density at radius 3 is 2.83 bits per heavy atom. The predicted molar refractivity (Wildman–Crippen MR) is 130 cm³/mol. The third-order valence-corrected chi connectivity index (χ3v) is 6.41. The fourth-order valence-corrected chi connectivity index (χ4v) is 4.58. The first-order chi connectivity index (χ1) is 17.6. The number of rotatable bonds is 5. The van der Waals surface area contributed by atoms with Crippen molar-refractivity contribution >= 4 is 11.7 Å². The highest BCUT2D eigenvalue weighted by Gasteiger charge is 2.40. The van der Waals surface area contributed by atoms with Gasteiger partial charge < -0.3 is 29.1 Å². The first kappa shape index (κ1) is 22.2. The number of benzene rings is 1. The lowest BCUT2D eigenvalue weighted by atomic mass is 9.99. The van der Waals surface area contributed by atoms with Crippen molar-refractivity contribution in [2.24, 2.45) is 17.8 Å². The zero-order valence-electron chi connectivity index (χ0n) is 19.9. The van der Waals surface area contributed by atoms with Crippen LogP contribution in [0, 0.1) is 0 Å². The van der Waals surface area contributed by atoms with Gasteiger partial charge in [0.25, 0.3) is 0 Å². The van der Waals surface area contributed by atoms with Crippen molar-refractivity contribution in [3.05, 3.63) is 48.2 Å². The van der Waals surface area contributed by atoms with Gasteiger partial charge in [0.05, 0.1) is 30.5 Å². The van der Waals surface area contributed by atoms with Crippen molar-refractivity contribution in [2.75, 3.05) is 25.6 Å². The average Bonchev–Trinajstić information content (AvgIpc) is 3.65.